The Bertz CT molecular complexity index is 311. The van der Waals surface area contributed by atoms with Crippen LogP contribution < -0.4 is 11.1 Å². The molecule has 1 unspecified atom stereocenters. The number of amides is 1. The summed E-state index contributed by atoms with van der Waals surface area (Å²) >= 11 is 0. The molecule has 0 saturated heterocycles. The molecule has 1 aromatic rings. The van der Waals surface area contributed by atoms with Crippen LogP contribution in [0.15, 0.2) is 6.33 Å². The van der Waals surface area contributed by atoms with Gasteiger partial charge in [-0.25, -0.2) is 4.98 Å². The monoisotopic (exact) mass is 225 g/mol. The Hall–Kier alpha value is -1.43. The lowest BCUT2D eigenvalue weighted by molar-refractivity contribution is -0.123. The van der Waals surface area contributed by atoms with Crippen molar-refractivity contribution in [3.05, 3.63) is 12.2 Å². The van der Waals surface area contributed by atoms with Crippen LogP contribution in [0.25, 0.3) is 0 Å². The summed E-state index contributed by atoms with van der Waals surface area (Å²) in [5.74, 6) is 0.494. The van der Waals surface area contributed by atoms with E-state index in [1.165, 1.54) is 6.33 Å². The number of nitrogens with zero attached hydrogens (tertiary/aromatic N) is 2. The first-order valence-electron chi connectivity index (χ1n) is 5.56. The second kappa shape index (κ2) is 6.22. The van der Waals surface area contributed by atoms with E-state index in [1.54, 1.807) is 0 Å². The van der Waals surface area contributed by atoms with E-state index in [-0.39, 0.29) is 11.9 Å². The van der Waals surface area contributed by atoms with E-state index in [0.717, 1.165) is 12.8 Å². The lowest BCUT2D eigenvalue weighted by Crippen LogP contribution is -2.41. The molecule has 90 valence electrons. The number of unbranched alkanes of at least 4 members (excludes halogenated alkanes) is 1. The quantitative estimate of drug-likeness (QED) is 0.656. The van der Waals surface area contributed by atoms with Gasteiger partial charge in [0.15, 0.2) is 0 Å². The maximum Gasteiger partial charge on any atom is 0.237 e. The number of carbonyl (C=O) groups is 1. The van der Waals surface area contributed by atoms with E-state index in [9.17, 15) is 4.79 Å². The van der Waals surface area contributed by atoms with Crippen molar-refractivity contribution >= 4 is 5.91 Å². The summed E-state index contributed by atoms with van der Waals surface area (Å²) in [6.07, 6.45) is 4.13. The van der Waals surface area contributed by atoms with Gasteiger partial charge in [-0.15, -0.1) is 0 Å². The second-order valence-electron chi connectivity index (χ2n) is 3.85. The minimum Gasteiger partial charge on any atom is -0.345 e. The molecule has 1 heterocycles. The predicted molar refractivity (Wildman–Crippen MR) is 60.4 cm³/mol. The molecule has 0 aliphatic heterocycles. The van der Waals surface area contributed by atoms with Gasteiger partial charge in [-0.05, 0) is 13.3 Å². The summed E-state index contributed by atoms with van der Waals surface area (Å²) in [6, 6.07) is -0.631. The molecule has 0 fully saturated rings. The molecule has 0 radical (unpaired) electrons. The summed E-state index contributed by atoms with van der Waals surface area (Å²) in [4.78, 5) is 15.6. The Balaban J connectivity index is 2.39. The smallest absolute Gasteiger partial charge is 0.237 e. The summed E-state index contributed by atoms with van der Waals surface area (Å²) in [6.45, 7) is 3.91. The lowest BCUT2D eigenvalue weighted by Gasteiger charge is -2.15. The van der Waals surface area contributed by atoms with E-state index in [2.05, 4.69) is 27.4 Å². The molecule has 1 aromatic heterocycles. The molecule has 0 spiro atoms. The van der Waals surface area contributed by atoms with Crippen LogP contribution in [0.1, 0.15) is 45.0 Å². The van der Waals surface area contributed by atoms with Gasteiger partial charge in [-0.1, -0.05) is 19.8 Å². The highest BCUT2D eigenvalue weighted by Crippen LogP contribution is 2.05. The molecule has 6 heteroatoms. The Morgan fingerprint density at radius 2 is 2.44 bits per heavy atom. The van der Waals surface area contributed by atoms with Gasteiger partial charge in [-0.2, -0.15) is 5.10 Å². The third kappa shape index (κ3) is 3.62. The van der Waals surface area contributed by atoms with Gasteiger partial charge in [0.1, 0.15) is 12.2 Å². The summed E-state index contributed by atoms with van der Waals surface area (Å²) in [7, 11) is 0. The minimum atomic E-state index is -0.440. The fraction of sp³-hybridized carbons (Fsp3) is 0.700. The first kappa shape index (κ1) is 12.6. The van der Waals surface area contributed by atoms with E-state index < -0.39 is 6.04 Å². The van der Waals surface area contributed by atoms with Crippen molar-refractivity contribution in [2.45, 2.75) is 45.2 Å². The fourth-order valence-electron chi connectivity index (χ4n) is 1.37. The molecule has 0 aliphatic carbocycles. The first-order chi connectivity index (χ1) is 7.65. The zero-order valence-electron chi connectivity index (χ0n) is 9.73. The fourth-order valence-corrected chi connectivity index (χ4v) is 1.37. The van der Waals surface area contributed by atoms with Crippen molar-refractivity contribution in [3.63, 3.8) is 0 Å². The zero-order chi connectivity index (χ0) is 12.0. The molecule has 6 nitrogen and oxygen atoms in total. The highest BCUT2D eigenvalue weighted by Gasteiger charge is 2.17. The number of rotatable bonds is 6. The molecular formula is C10H19N5O. The van der Waals surface area contributed by atoms with Crippen LogP contribution in [0.2, 0.25) is 0 Å². The number of hydrogen-bond acceptors (Lipinski definition) is 4. The van der Waals surface area contributed by atoms with Crippen molar-refractivity contribution in [3.8, 4) is 0 Å². The number of aromatic amines is 1. The van der Waals surface area contributed by atoms with Gasteiger partial charge in [0.2, 0.25) is 5.91 Å². The van der Waals surface area contributed by atoms with Crippen LogP contribution in [0.4, 0.5) is 0 Å². The highest BCUT2D eigenvalue weighted by atomic mass is 16.2. The van der Waals surface area contributed by atoms with Crippen LogP contribution in [0, 0.1) is 0 Å². The van der Waals surface area contributed by atoms with Crippen LogP contribution in [0.3, 0.4) is 0 Å². The number of aromatic nitrogens is 3. The summed E-state index contributed by atoms with van der Waals surface area (Å²) < 4.78 is 0. The Morgan fingerprint density at radius 3 is 3.00 bits per heavy atom. The predicted octanol–water partition coefficient (Wildman–Crippen LogP) is 0.499. The maximum atomic E-state index is 11.7. The van der Waals surface area contributed by atoms with Gasteiger partial charge < -0.3 is 11.1 Å². The van der Waals surface area contributed by atoms with Gasteiger partial charge in [0.05, 0.1) is 12.1 Å². The molecule has 0 saturated carbocycles. The van der Waals surface area contributed by atoms with Crippen LogP contribution >= 0.6 is 0 Å². The van der Waals surface area contributed by atoms with Crippen molar-refractivity contribution in [1.82, 2.24) is 20.5 Å². The molecule has 0 aromatic carbocycles. The SMILES string of the molecule is CCCC[C@H](N)C(=O)NC(C)c1ncn[nH]1. The molecule has 0 bridgehead atoms. The minimum absolute atomic E-state index is 0.141. The molecular weight excluding hydrogens is 206 g/mol. The number of carbonyl (C=O) groups excluding carboxylic acids is 1. The van der Waals surface area contributed by atoms with E-state index in [4.69, 9.17) is 5.73 Å². The second-order valence-corrected chi connectivity index (χ2v) is 3.85. The number of H-pyrrole nitrogens is 1. The zero-order valence-corrected chi connectivity index (χ0v) is 9.73. The van der Waals surface area contributed by atoms with Gasteiger partial charge in [-0.3, -0.25) is 9.89 Å². The van der Waals surface area contributed by atoms with E-state index >= 15 is 0 Å². The first-order valence-corrected chi connectivity index (χ1v) is 5.56. The third-order valence-electron chi connectivity index (χ3n) is 2.41. The molecule has 2 atom stereocenters. The largest absolute Gasteiger partial charge is 0.345 e. The molecule has 4 N–H and O–H groups in total. The molecule has 1 rings (SSSR count). The molecule has 16 heavy (non-hydrogen) atoms. The summed E-state index contributed by atoms with van der Waals surface area (Å²) in [5.41, 5.74) is 5.75. The standard InChI is InChI=1S/C10H19N5O/c1-3-4-5-8(11)10(16)14-7(2)9-12-6-13-15-9/h6-8H,3-5,11H2,1-2H3,(H,14,16)(H,12,13,15)/t7?,8-/m0/s1. The van der Waals surface area contributed by atoms with Crippen molar-refractivity contribution < 1.29 is 4.79 Å². The number of hydrogen-bond donors (Lipinski definition) is 3. The average molecular weight is 225 g/mol. The molecule has 1 amide bonds. The van der Waals surface area contributed by atoms with Crippen LogP contribution in [0.5, 0.6) is 0 Å². The van der Waals surface area contributed by atoms with E-state index in [0.29, 0.717) is 12.2 Å². The van der Waals surface area contributed by atoms with Gasteiger partial charge in [0, 0.05) is 0 Å². The van der Waals surface area contributed by atoms with E-state index in [1.807, 2.05) is 6.92 Å². The van der Waals surface area contributed by atoms with Crippen molar-refractivity contribution in [2.75, 3.05) is 0 Å². The van der Waals surface area contributed by atoms with Crippen LogP contribution in [-0.4, -0.2) is 27.1 Å². The maximum absolute atomic E-state index is 11.7. The third-order valence-corrected chi connectivity index (χ3v) is 2.41. The normalized spacial score (nSPS) is 14.4. The topological polar surface area (TPSA) is 96.7 Å². The van der Waals surface area contributed by atoms with Gasteiger partial charge in [0.25, 0.3) is 0 Å². The summed E-state index contributed by atoms with van der Waals surface area (Å²) in [5, 5.41) is 9.23. The Morgan fingerprint density at radius 1 is 1.69 bits per heavy atom. The molecule has 0 aliphatic rings. The lowest BCUT2D eigenvalue weighted by atomic mass is 10.1. The highest BCUT2D eigenvalue weighted by molar-refractivity contribution is 5.81. The Labute approximate surface area is 95.0 Å². The van der Waals surface area contributed by atoms with Gasteiger partial charge >= 0.3 is 0 Å². The van der Waals surface area contributed by atoms with Crippen LogP contribution in [-0.2, 0) is 4.79 Å². The number of nitrogens with one attached hydrogen (secondary N) is 2. The van der Waals surface area contributed by atoms with Crippen molar-refractivity contribution in [1.29, 1.82) is 0 Å². The number of nitrogens with two attached hydrogens (primary N) is 1. The van der Waals surface area contributed by atoms with Crippen molar-refractivity contribution in [2.24, 2.45) is 5.73 Å². The Kier molecular flexibility index (Phi) is 4.91. The average Bonchev–Trinajstić information content (AvgIpc) is 2.79.